The maximum Gasteiger partial charge on any atom is 0.229 e. The van der Waals surface area contributed by atoms with Crippen LogP contribution in [0.1, 0.15) is 6.42 Å². The summed E-state index contributed by atoms with van der Waals surface area (Å²) < 4.78 is 22.8. The fourth-order valence-electron chi connectivity index (χ4n) is 2.50. The third-order valence-electron chi connectivity index (χ3n) is 3.73. The van der Waals surface area contributed by atoms with Crippen molar-refractivity contribution < 1.29 is 13.2 Å². The van der Waals surface area contributed by atoms with Crippen LogP contribution in [0.2, 0.25) is 0 Å². The smallest absolute Gasteiger partial charge is 0.229 e. The molecule has 0 radical (unpaired) electrons. The van der Waals surface area contributed by atoms with Crippen LogP contribution in [0.3, 0.4) is 0 Å². The topological polar surface area (TPSA) is 76.1 Å². The van der Waals surface area contributed by atoms with Crippen molar-refractivity contribution in [1.82, 2.24) is 4.98 Å². The molecular formula is C16H16N2O3S. The highest BCUT2D eigenvalue weighted by Gasteiger charge is 2.33. The SMILES string of the molecule is O=C(Nc1ccc(-c2ccccc2)cn1)C1CCS(=O)(=O)C1. The maximum absolute atomic E-state index is 12.0. The Morgan fingerprint density at radius 2 is 1.86 bits per heavy atom. The predicted octanol–water partition coefficient (Wildman–Crippen LogP) is 2.12. The average Bonchev–Trinajstić information content (AvgIpc) is 2.89. The zero-order valence-corrected chi connectivity index (χ0v) is 12.7. The maximum atomic E-state index is 12.0. The highest BCUT2D eigenvalue weighted by atomic mass is 32.2. The molecular weight excluding hydrogens is 300 g/mol. The molecule has 22 heavy (non-hydrogen) atoms. The van der Waals surface area contributed by atoms with E-state index >= 15 is 0 Å². The molecule has 0 bridgehead atoms. The van der Waals surface area contributed by atoms with Gasteiger partial charge in [-0.1, -0.05) is 30.3 Å². The van der Waals surface area contributed by atoms with E-state index in [4.69, 9.17) is 0 Å². The summed E-state index contributed by atoms with van der Waals surface area (Å²) in [6.07, 6.45) is 2.08. The van der Waals surface area contributed by atoms with Crippen LogP contribution in [0.5, 0.6) is 0 Å². The molecule has 1 atom stereocenters. The summed E-state index contributed by atoms with van der Waals surface area (Å²) in [7, 11) is -3.06. The van der Waals surface area contributed by atoms with Gasteiger partial charge in [0, 0.05) is 11.8 Å². The third-order valence-corrected chi connectivity index (χ3v) is 5.49. The van der Waals surface area contributed by atoms with E-state index in [0.29, 0.717) is 12.2 Å². The van der Waals surface area contributed by atoms with Crippen molar-refractivity contribution in [3.63, 3.8) is 0 Å². The van der Waals surface area contributed by atoms with Gasteiger partial charge >= 0.3 is 0 Å². The second-order valence-electron chi connectivity index (χ2n) is 5.39. The van der Waals surface area contributed by atoms with Gasteiger partial charge in [0.1, 0.15) is 5.82 Å². The minimum absolute atomic E-state index is 0.0685. The zero-order valence-electron chi connectivity index (χ0n) is 11.9. The Labute approximate surface area is 129 Å². The summed E-state index contributed by atoms with van der Waals surface area (Å²) in [6, 6.07) is 13.4. The van der Waals surface area contributed by atoms with E-state index < -0.39 is 15.8 Å². The van der Waals surface area contributed by atoms with Gasteiger partial charge in [-0.25, -0.2) is 13.4 Å². The molecule has 114 valence electrons. The lowest BCUT2D eigenvalue weighted by Gasteiger charge is -2.09. The Morgan fingerprint density at radius 3 is 2.45 bits per heavy atom. The Kier molecular flexibility index (Phi) is 3.94. The summed E-state index contributed by atoms with van der Waals surface area (Å²) in [5.41, 5.74) is 2.01. The average molecular weight is 316 g/mol. The van der Waals surface area contributed by atoms with Gasteiger partial charge in [0.2, 0.25) is 5.91 Å². The van der Waals surface area contributed by atoms with E-state index in [1.165, 1.54) is 0 Å². The van der Waals surface area contributed by atoms with Crippen molar-refractivity contribution in [2.75, 3.05) is 16.8 Å². The van der Waals surface area contributed by atoms with Gasteiger partial charge in [0.05, 0.1) is 17.4 Å². The van der Waals surface area contributed by atoms with Crippen molar-refractivity contribution in [2.24, 2.45) is 5.92 Å². The van der Waals surface area contributed by atoms with E-state index in [9.17, 15) is 13.2 Å². The van der Waals surface area contributed by atoms with Crippen LogP contribution in [-0.4, -0.2) is 30.8 Å². The molecule has 1 aromatic heterocycles. The molecule has 1 unspecified atom stereocenters. The molecule has 1 fully saturated rings. The zero-order chi connectivity index (χ0) is 15.6. The monoisotopic (exact) mass is 316 g/mol. The molecule has 0 aliphatic carbocycles. The number of anilines is 1. The number of carbonyl (C=O) groups is 1. The number of hydrogen-bond acceptors (Lipinski definition) is 4. The van der Waals surface area contributed by atoms with E-state index in [-0.39, 0.29) is 17.4 Å². The number of sulfone groups is 1. The number of pyridine rings is 1. The van der Waals surface area contributed by atoms with Gasteiger partial charge in [-0.15, -0.1) is 0 Å². The van der Waals surface area contributed by atoms with Crippen LogP contribution in [0.25, 0.3) is 11.1 Å². The first-order valence-corrected chi connectivity index (χ1v) is 8.88. The van der Waals surface area contributed by atoms with Crippen LogP contribution >= 0.6 is 0 Å². The van der Waals surface area contributed by atoms with Crippen molar-refractivity contribution >= 4 is 21.6 Å². The number of carbonyl (C=O) groups excluding carboxylic acids is 1. The van der Waals surface area contributed by atoms with Crippen LogP contribution in [-0.2, 0) is 14.6 Å². The molecule has 6 heteroatoms. The second-order valence-corrected chi connectivity index (χ2v) is 7.62. The lowest BCUT2D eigenvalue weighted by Crippen LogP contribution is -2.24. The Hall–Kier alpha value is -2.21. The van der Waals surface area contributed by atoms with Gasteiger partial charge in [-0.05, 0) is 24.1 Å². The third kappa shape index (κ3) is 3.33. The molecule has 1 aliphatic rings. The first-order chi connectivity index (χ1) is 10.5. The number of hydrogen-bond donors (Lipinski definition) is 1. The molecule has 2 aromatic rings. The predicted molar refractivity (Wildman–Crippen MR) is 85.1 cm³/mol. The lowest BCUT2D eigenvalue weighted by molar-refractivity contribution is -0.119. The summed E-state index contributed by atoms with van der Waals surface area (Å²) in [4.78, 5) is 16.3. The molecule has 1 amide bonds. The first-order valence-electron chi connectivity index (χ1n) is 7.06. The molecule has 0 saturated carbocycles. The standard InChI is InChI=1S/C16H16N2O3S/c19-16(14-8-9-22(20,21)11-14)18-15-7-6-13(10-17-15)12-4-2-1-3-5-12/h1-7,10,14H,8-9,11H2,(H,17,18,19). The van der Waals surface area contributed by atoms with Gasteiger partial charge in [-0.3, -0.25) is 4.79 Å². The number of nitrogens with zero attached hydrogens (tertiary/aromatic N) is 1. The number of aromatic nitrogens is 1. The van der Waals surface area contributed by atoms with Crippen molar-refractivity contribution in [3.8, 4) is 11.1 Å². The number of benzene rings is 1. The van der Waals surface area contributed by atoms with Crippen molar-refractivity contribution in [2.45, 2.75) is 6.42 Å². The lowest BCUT2D eigenvalue weighted by atomic mass is 10.1. The minimum Gasteiger partial charge on any atom is -0.310 e. The van der Waals surface area contributed by atoms with Gasteiger partial charge in [0.15, 0.2) is 9.84 Å². The fraction of sp³-hybridized carbons (Fsp3) is 0.250. The quantitative estimate of drug-likeness (QED) is 0.941. The van der Waals surface area contributed by atoms with Gasteiger partial charge in [-0.2, -0.15) is 0 Å². The fourth-order valence-corrected chi connectivity index (χ4v) is 4.24. The summed E-state index contributed by atoms with van der Waals surface area (Å²) in [5.74, 6) is -0.289. The normalized spacial score (nSPS) is 19.7. The van der Waals surface area contributed by atoms with Gasteiger partial charge in [0.25, 0.3) is 0 Å². The summed E-state index contributed by atoms with van der Waals surface area (Å²) in [5, 5.41) is 2.69. The van der Waals surface area contributed by atoms with Gasteiger partial charge < -0.3 is 5.32 Å². The number of nitrogens with one attached hydrogen (secondary N) is 1. The van der Waals surface area contributed by atoms with Crippen LogP contribution < -0.4 is 5.32 Å². The molecule has 1 saturated heterocycles. The largest absolute Gasteiger partial charge is 0.310 e. The molecule has 1 N–H and O–H groups in total. The highest BCUT2D eigenvalue weighted by Crippen LogP contribution is 2.22. The van der Waals surface area contributed by atoms with Crippen LogP contribution in [0.4, 0.5) is 5.82 Å². The van der Waals surface area contributed by atoms with Crippen LogP contribution in [0.15, 0.2) is 48.7 Å². The summed E-state index contributed by atoms with van der Waals surface area (Å²) >= 11 is 0. The Balaban J connectivity index is 1.68. The highest BCUT2D eigenvalue weighted by molar-refractivity contribution is 7.91. The van der Waals surface area contributed by atoms with E-state index in [1.54, 1.807) is 12.3 Å². The molecule has 1 aromatic carbocycles. The molecule has 3 rings (SSSR count). The number of amides is 1. The Bertz CT molecular complexity index is 771. The van der Waals surface area contributed by atoms with E-state index in [1.807, 2.05) is 36.4 Å². The van der Waals surface area contributed by atoms with E-state index in [2.05, 4.69) is 10.3 Å². The minimum atomic E-state index is -3.06. The van der Waals surface area contributed by atoms with Crippen LogP contribution in [0, 0.1) is 5.92 Å². The van der Waals surface area contributed by atoms with Crippen molar-refractivity contribution in [3.05, 3.63) is 48.7 Å². The number of rotatable bonds is 3. The van der Waals surface area contributed by atoms with E-state index in [0.717, 1.165) is 11.1 Å². The second kappa shape index (κ2) is 5.88. The van der Waals surface area contributed by atoms with Crippen molar-refractivity contribution in [1.29, 1.82) is 0 Å². The molecule has 1 aliphatic heterocycles. The molecule has 5 nitrogen and oxygen atoms in total. The Morgan fingerprint density at radius 1 is 1.09 bits per heavy atom. The molecule has 2 heterocycles. The first kappa shape index (κ1) is 14.7. The molecule has 0 spiro atoms. The summed E-state index contributed by atoms with van der Waals surface area (Å²) in [6.45, 7) is 0.